The molecule has 0 aliphatic carbocycles. The van der Waals surface area contributed by atoms with Crippen molar-refractivity contribution in [1.29, 1.82) is 0 Å². The molecule has 2 aromatic carbocycles. The van der Waals surface area contributed by atoms with Crippen LogP contribution in [0.5, 0.6) is 0 Å². The first kappa shape index (κ1) is 17.7. The van der Waals surface area contributed by atoms with E-state index in [0.29, 0.717) is 19.5 Å². The van der Waals surface area contributed by atoms with Crippen molar-refractivity contribution in [3.8, 4) is 0 Å². The highest BCUT2D eigenvalue weighted by molar-refractivity contribution is 6.00. The first-order valence-electron chi connectivity index (χ1n) is 8.09. The molecule has 0 aliphatic heterocycles. The Kier molecular flexibility index (Phi) is 6.50. The summed E-state index contributed by atoms with van der Waals surface area (Å²) in [6, 6.07) is 19.6. The maximum atomic E-state index is 12.9. The van der Waals surface area contributed by atoms with Crippen molar-refractivity contribution in [2.45, 2.75) is 26.4 Å². The molecule has 24 heavy (non-hydrogen) atoms. The van der Waals surface area contributed by atoms with Gasteiger partial charge in [0.1, 0.15) is 5.78 Å². The number of amides is 1. The minimum absolute atomic E-state index is 0.119. The van der Waals surface area contributed by atoms with Gasteiger partial charge in [0.25, 0.3) is 0 Å². The molecule has 2 rings (SSSR count). The summed E-state index contributed by atoms with van der Waals surface area (Å²) < 4.78 is 0. The van der Waals surface area contributed by atoms with E-state index in [1.165, 1.54) is 6.92 Å². The van der Waals surface area contributed by atoms with Crippen LogP contribution in [0.2, 0.25) is 0 Å². The van der Waals surface area contributed by atoms with Gasteiger partial charge in [-0.05, 0) is 24.5 Å². The van der Waals surface area contributed by atoms with Crippen molar-refractivity contribution < 1.29 is 9.59 Å². The number of Topliss-reactive ketones (excluding diaryl/α,β-unsaturated/α-hetero) is 1. The van der Waals surface area contributed by atoms with E-state index in [0.717, 1.165) is 11.1 Å². The third-order valence-electron chi connectivity index (χ3n) is 3.94. The number of allylic oxidation sites excluding steroid dienone is 1. The van der Waals surface area contributed by atoms with Gasteiger partial charge in [-0.2, -0.15) is 0 Å². The lowest BCUT2D eigenvalue weighted by Crippen LogP contribution is -2.38. The van der Waals surface area contributed by atoms with Crippen LogP contribution in [0, 0.1) is 5.92 Å². The van der Waals surface area contributed by atoms with Crippen molar-refractivity contribution >= 4 is 11.7 Å². The number of benzene rings is 2. The number of hydrogen-bond acceptors (Lipinski definition) is 2. The van der Waals surface area contributed by atoms with Crippen LogP contribution in [0.25, 0.3) is 0 Å². The van der Waals surface area contributed by atoms with E-state index in [1.807, 2.05) is 60.7 Å². The van der Waals surface area contributed by atoms with E-state index in [9.17, 15) is 9.59 Å². The molecule has 2 aromatic rings. The van der Waals surface area contributed by atoms with Crippen LogP contribution in [-0.2, 0) is 22.7 Å². The normalized spacial score (nSPS) is 11.5. The second-order valence-electron chi connectivity index (χ2n) is 5.85. The maximum absolute atomic E-state index is 12.9. The van der Waals surface area contributed by atoms with Crippen LogP contribution in [0.1, 0.15) is 24.5 Å². The molecule has 0 saturated carbocycles. The molecular formula is C21H23NO2. The zero-order valence-electron chi connectivity index (χ0n) is 14.0. The van der Waals surface area contributed by atoms with Crippen molar-refractivity contribution in [2.75, 3.05) is 0 Å². The lowest BCUT2D eigenvalue weighted by Gasteiger charge is -2.26. The highest BCUT2D eigenvalue weighted by Crippen LogP contribution is 2.17. The van der Waals surface area contributed by atoms with Crippen molar-refractivity contribution in [3.63, 3.8) is 0 Å². The van der Waals surface area contributed by atoms with Gasteiger partial charge >= 0.3 is 0 Å². The van der Waals surface area contributed by atoms with Crippen LogP contribution in [-0.4, -0.2) is 16.6 Å². The fourth-order valence-corrected chi connectivity index (χ4v) is 2.65. The van der Waals surface area contributed by atoms with E-state index in [4.69, 9.17) is 0 Å². The summed E-state index contributed by atoms with van der Waals surface area (Å²) in [4.78, 5) is 26.6. The summed E-state index contributed by atoms with van der Waals surface area (Å²) in [6.07, 6.45) is 2.00. The number of ketones is 1. The number of carbonyl (C=O) groups excluding carboxylic acids is 2. The Morgan fingerprint density at radius 3 is 1.79 bits per heavy atom. The van der Waals surface area contributed by atoms with Gasteiger partial charge in [-0.15, -0.1) is 6.58 Å². The SMILES string of the molecule is C=CCC(C(C)=O)C(=O)N(Cc1ccccc1)Cc1ccccc1. The van der Waals surface area contributed by atoms with Gasteiger partial charge in [0.05, 0.1) is 5.92 Å². The Balaban J connectivity index is 2.25. The molecule has 0 spiro atoms. The Hall–Kier alpha value is -2.68. The van der Waals surface area contributed by atoms with Crippen LogP contribution in [0.15, 0.2) is 73.3 Å². The molecule has 1 atom stereocenters. The Morgan fingerprint density at radius 2 is 1.42 bits per heavy atom. The molecule has 0 aromatic heterocycles. The number of carbonyl (C=O) groups is 2. The van der Waals surface area contributed by atoms with Crippen LogP contribution >= 0.6 is 0 Å². The third kappa shape index (κ3) is 4.92. The molecule has 124 valence electrons. The average Bonchev–Trinajstić information content (AvgIpc) is 2.60. The second kappa shape index (κ2) is 8.82. The molecule has 0 N–H and O–H groups in total. The maximum Gasteiger partial charge on any atom is 0.234 e. The molecule has 1 amide bonds. The summed E-state index contributed by atoms with van der Waals surface area (Å²) in [5.41, 5.74) is 2.09. The summed E-state index contributed by atoms with van der Waals surface area (Å²) >= 11 is 0. The minimum atomic E-state index is -0.657. The molecule has 0 heterocycles. The molecule has 1 unspecified atom stereocenters. The highest BCUT2D eigenvalue weighted by atomic mass is 16.2. The van der Waals surface area contributed by atoms with Gasteiger partial charge in [-0.1, -0.05) is 66.7 Å². The Morgan fingerprint density at radius 1 is 0.958 bits per heavy atom. The molecule has 0 fully saturated rings. The fraction of sp³-hybridized carbons (Fsp3) is 0.238. The second-order valence-corrected chi connectivity index (χ2v) is 5.85. The molecule has 0 radical (unpaired) electrons. The molecular weight excluding hydrogens is 298 g/mol. The Labute approximate surface area is 143 Å². The van der Waals surface area contributed by atoms with E-state index in [-0.39, 0.29) is 11.7 Å². The third-order valence-corrected chi connectivity index (χ3v) is 3.94. The van der Waals surface area contributed by atoms with Crippen molar-refractivity contribution in [3.05, 3.63) is 84.4 Å². The summed E-state index contributed by atoms with van der Waals surface area (Å²) in [6.45, 7) is 6.10. The predicted octanol–water partition coefficient (Wildman–Crippen LogP) is 4.00. The van der Waals surface area contributed by atoms with Crippen molar-refractivity contribution in [2.24, 2.45) is 5.92 Å². The first-order valence-corrected chi connectivity index (χ1v) is 8.09. The van der Waals surface area contributed by atoms with Crippen molar-refractivity contribution in [1.82, 2.24) is 4.90 Å². The fourth-order valence-electron chi connectivity index (χ4n) is 2.65. The Bertz CT molecular complexity index is 638. The largest absolute Gasteiger partial charge is 0.333 e. The summed E-state index contributed by atoms with van der Waals surface area (Å²) in [5, 5.41) is 0. The van der Waals surface area contributed by atoms with Gasteiger partial charge in [0.2, 0.25) is 5.91 Å². The summed E-state index contributed by atoms with van der Waals surface area (Å²) in [5.74, 6) is -0.920. The van der Waals surface area contributed by atoms with Gasteiger partial charge in [-0.3, -0.25) is 9.59 Å². The average molecular weight is 321 g/mol. The van der Waals surface area contributed by atoms with Gasteiger partial charge in [0, 0.05) is 13.1 Å². The summed E-state index contributed by atoms with van der Waals surface area (Å²) in [7, 11) is 0. The zero-order valence-corrected chi connectivity index (χ0v) is 14.0. The van der Waals surface area contributed by atoms with E-state index < -0.39 is 5.92 Å². The molecule has 0 saturated heterocycles. The number of hydrogen-bond donors (Lipinski definition) is 0. The minimum Gasteiger partial charge on any atom is -0.333 e. The van der Waals surface area contributed by atoms with Crippen LogP contribution < -0.4 is 0 Å². The van der Waals surface area contributed by atoms with E-state index >= 15 is 0 Å². The number of rotatable bonds is 8. The predicted molar refractivity (Wildman–Crippen MR) is 96.1 cm³/mol. The first-order chi connectivity index (χ1) is 11.6. The van der Waals surface area contributed by atoms with Crippen LogP contribution in [0.4, 0.5) is 0 Å². The molecule has 3 nitrogen and oxygen atoms in total. The standard InChI is InChI=1S/C21H23NO2/c1-3-10-20(17(2)23)21(24)22(15-18-11-6-4-7-12-18)16-19-13-8-5-9-14-19/h3-9,11-14,20H,1,10,15-16H2,2H3. The highest BCUT2D eigenvalue weighted by Gasteiger charge is 2.27. The number of nitrogens with zero attached hydrogens (tertiary/aromatic N) is 1. The molecule has 0 bridgehead atoms. The lowest BCUT2D eigenvalue weighted by atomic mass is 9.98. The smallest absolute Gasteiger partial charge is 0.234 e. The van der Waals surface area contributed by atoms with Gasteiger partial charge in [-0.25, -0.2) is 0 Å². The quantitative estimate of drug-likeness (QED) is 0.544. The van der Waals surface area contributed by atoms with Gasteiger partial charge < -0.3 is 4.90 Å². The van der Waals surface area contributed by atoms with Crippen LogP contribution in [0.3, 0.4) is 0 Å². The monoisotopic (exact) mass is 321 g/mol. The lowest BCUT2D eigenvalue weighted by molar-refractivity contribution is -0.141. The molecule has 3 heteroatoms. The molecule has 0 aliphatic rings. The topological polar surface area (TPSA) is 37.4 Å². The van der Waals surface area contributed by atoms with E-state index in [1.54, 1.807) is 11.0 Å². The van der Waals surface area contributed by atoms with E-state index in [2.05, 4.69) is 6.58 Å². The zero-order chi connectivity index (χ0) is 17.4. The van der Waals surface area contributed by atoms with Gasteiger partial charge in [0.15, 0.2) is 0 Å².